The SMILES string of the molecule is c1ccc(N(c2ccccc2)c2c3ccccc3cc3c4cccc5c6cc7c(cc6n(c23)c54)c2cccc3c4ccccc4n7c32)cc1. The van der Waals surface area contributed by atoms with Crippen molar-refractivity contribution in [2.75, 3.05) is 4.90 Å². The Hall–Kier alpha value is -6.58. The Bertz CT molecular complexity index is 3220. The number of aromatic nitrogens is 2. The van der Waals surface area contributed by atoms with Gasteiger partial charge in [-0.05, 0) is 53.9 Å². The molecule has 4 aromatic heterocycles. The molecular formula is C46H27N3. The Balaban J connectivity index is 1.32. The van der Waals surface area contributed by atoms with Crippen LogP contribution < -0.4 is 4.90 Å². The molecule has 0 amide bonds. The number of benzene rings is 8. The van der Waals surface area contributed by atoms with Gasteiger partial charge in [0.15, 0.2) is 0 Å². The summed E-state index contributed by atoms with van der Waals surface area (Å²) in [5, 5.41) is 12.8. The summed E-state index contributed by atoms with van der Waals surface area (Å²) < 4.78 is 5.06. The first-order valence-corrected chi connectivity index (χ1v) is 17.0. The molecule has 3 nitrogen and oxygen atoms in total. The van der Waals surface area contributed by atoms with E-state index in [4.69, 9.17) is 0 Å². The molecule has 0 unspecified atom stereocenters. The van der Waals surface area contributed by atoms with Crippen molar-refractivity contribution >= 4 is 104 Å². The first-order valence-electron chi connectivity index (χ1n) is 17.0. The Labute approximate surface area is 280 Å². The van der Waals surface area contributed by atoms with Crippen molar-refractivity contribution in [1.82, 2.24) is 8.80 Å². The molecule has 0 saturated carbocycles. The van der Waals surface area contributed by atoms with Gasteiger partial charge in [-0.2, -0.15) is 0 Å². The number of rotatable bonds is 3. The second-order valence-corrected chi connectivity index (χ2v) is 13.3. The molecule has 0 bridgehead atoms. The van der Waals surface area contributed by atoms with E-state index in [1.165, 1.54) is 92.6 Å². The largest absolute Gasteiger partial charge is 0.308 e. The van der Waals surface area contributed by atoms with E-state index in [-0.39, 0.29) is 0 Å². The zero-order chi connectivity index (χ0) is 31.8. The molecule has 0 spiro atoms. The molecule has 4 heterocycles. The average Bonchev–Trinajstić information content (AvgIpc) is 3.88. The topological polar surface area (TPSA) is 12.1 Å². The van der Waals surface area contributed by atoms with E-state index in [0.29, 0.717) is 0 Å². The standard InChI is InChI=1S/C46H27N3/c1-3-14-29(15-4-1)47(30-16-5-2-6-17-30)45-31-18-8-7-13-28(31)25-39-36-23-12-22-35-38-26-41-37(27-42(38)49(44(35)36)46(39)45)34-21-11-20-33-32-19-9-10-24-40(32)48(41)43(33)34/h1-27H. The lowest BCUT2D eigenvalue weighted by Crippen LogP contribution is -2.11. The molecule has 12 rings (SSSR count). The van der Waals surface area contributed by atoms with Crippen LogP contribution in [0.4, 0.5) is 17.1 Å². The fourth-order valence-corrected chi connectivity index (χ4v) is 8.97. The Morgan fingerprint density at radius 1 is 0.306 bits per heavy atom. The molecule has 226 valence electrons. The van der Waals surface area contributed by atoms with Crippen molar-refractivity contribution in [1.29, 1.82) is 0 Å². The fourth-order valence-electron chi connectivity index (χ4n) is 8.97. The third-order valence-corrected chi connectivity index (χ3v) is 10.9. The van der Waals surface area contributed by atoms with Crippen LogP contribution in [0.1, 0.15) is 0 Å². The Morgan fingerprint density at radius 3 is 1.47 bits per heavy atom. The maximum absolute atomic E-state index is 2.57. The molecule has 0 N–H and O–H groups in total. The average molecular weight is 622 g/mol. The summed E-state index contributed by atoms with van der Waals surface area (Å²) in [7, 11) is 0. The Kier molecular flexibility index (Phi) is 4.72. The third kappa shape index (κ3) is 3.13. The zero-order valence-corrected chi connectivity index (χ0v) is 26.4. The van der Waals surface area contributed by atoms with Crippen molar-refractivity contribution < 1.29 is 0 Å². The lowest BCUT2D eigenvalue weighted by atomic mass is 10.0. The Morgan fingerprint density at radius 2 is 0.796 bits per heavy atom. The highest BCUT2D eigenvalue weighted by Gasteiger charge is 2.26. The van der Waals surface area contributed by atoms with E-state index in [0.717, 1.165) is 11.4 Å². The minimum absolute atomic E-state index is 1.13. The van der Waals surface area contributed by atoms with Gasteiger partial charge < -0.3 is 13.7 Å². The second-order valence-electron chi connectivity index (χ2n) is 13.3. The highest BCUT2D eigenvalue weighted by Crippen LogP contribution is 2.50. The van der Waals surface area contributed by atoms with Crippen LogP contribution in [-0.4, -0.2) is 8.80 Å². The summed E-state index contributed by atoms with van der Waals surface area (Å²) in [6.45, 7) is 0. The molecule has 0 aliphatic carbocycles. The number of fused-ring (bicyclic) bond motifs is 13. The van der Waals surface area contributed by atoms with E-state index in [1.54, 1.807) is 0 Å². The number of anilines is 3. The summed E-state index contributed by atoms with van der Waals surface area (Å²) in [6, 6.07) is 60.3. The highest BCUT2D eigenvalue weighted by molar-refractivity contribution is 6.31. The van der Waals surface area contributed by atoms with E-state index < -0.39 is 0 Å². The van der Waals surface area contributed by atoms with Gasteiger partial charge in [-0.1, -0.05) is 115 Å². The monoisotopic (exact) mass is 621 g/mol. The van der Waals surface area contributed by atoms with Crippen molar-refractivity contribution in [2.45, 2.75) is 0 Å². The predicted octanol–water partition coefficient (Wildman–Crippen LogP) is 12.6. The molecule has 0 atom stereocenters. The van der Waals surface area contributed by atoms with Gasteiger partial charge in [0.1, 0.15) is 0 Å². The van der Waals surface area contributed by atoms with Crippen LogP contribution in [0, 0.1) is 0 Å². The molecule has 49 heavy (non-hydrogen) atoms. The molecule has 0 fully saturated rings. The van der Waals surface area contributed by atoms with Crippen LogP contribution in [0.25, 0.3) is 87.0 Å². The van der Waals surface area contributed by atoms with Gasteiger partial charge in [0.25, 0.3) is 0 Å². The lowest BCUT2D eigenvalue weighted by Gasteiger charge is -2.28. The molecule has 12 aromatic rings. The lowest BCUT2D eigenvalue weighted by molar-refractivity contribution is 1.28. The smallest absolute Gasteiger partial charge is 0.0789 e. The normalized spacial score (nSPS) is 12.5. The van der Waals surface area contributed by atoms with Gasteiger partial charge >= 0.3 is 0 Å². The van der Waals surface area contributed by atoms with Gasteiger partial charge in [-0.25, -0.2) is 0 Å². The minimum Gasteiger partial charge on any atom is -0.308 e. The van der Waals surface area contributed by atoms with E-state index >= 15 is 0 Å². The van der Waals surface area contributed by atoms with Crippen molar-refractivity contribution in [3.05, 3.63) is 164 Å². The minimum atomic E-state index is 1.13. The van der Waals surface area contributed by atoms with Crippen LogP contribution >= 0.6 is 0 Å². The number of hydrogen-bond donors (Lipinski definition) is 0. The summed E-state index contributed by atoms with van der Waals surface area (Å²) in [5.74, 6) is 0. The third-order valence-electron chi connectivity index (χ3n) is 10.9. The van der Waals surface area contributed by atoms with Crippen LogP contribution in [0.15, 0.2) is 164 Å². The second kappa shape index (κ2) is 9.06. The van der Waals surface area contributed by atoms with Gasteiger partial charge in [-0.3, -0.25) is 0 Å². The van der Waals surface area contributed by atoms with Gasteiger partial charge in [0.2, 0.25) is 0 Å². The molecule has 3 heteroatoms. The molecule has 0 aliphatic heterocycles. The van der Waals surface area contributed by atoms with Crippen LogP contribution in [-0.2, 0) is 0 Å². The van der Waals surface area contributed by atoms with Crippen molar-refractivity contribution in [3.8, 4) is 0 Å². The summed E-state index contributed by atoms with van der Waals surface area (Å²) in [5.41, 5.74) is 11.1. The predicted molar refractivity (Wildman–Crippen MR) is 208 cm³/mol. The summed E-state index contributed by atoms with van der Waals surface area (Å²) in [4.78, 5) is 2.46. The number of nitrogens with zero attached hydrogens (tertiary/aromatic N) is 3. The van der Waals surface area contributed by atoms with Crippen LogP contribution in [0.5, 0.6) is 0 Å². The van der Waals surface area contributed by atoms with E-state index in [1.807, 2.05) is 0 Å². The molecule has 0 radical (unpaired) electrons. The van der Waals surface area contributed by atoms with Crippen molar-refractivity contribution in [2.24, 2.45) is 0 Å². The zero-order valence-electron chi connectivity index (χ0n) is 26.4. The number of para-hydroxylation sites is 5. The maximum Gasteiger partial charge on any atom is 0.0789 e. The van der Waals surface area contributed by atoms with Crippen LogP contribution in [0.2, 0.25) is 0 Å². The summed E-state index contributed by atoms with van der Waals surface area (Å²) in [6.07, 6.45) is 0. The van der Waals surface area contributed by atoms with Gasteiger partial charge in [0, 0.05) is 59.9 Å². The van der Waals surface area contributed by atoms with Crippen LogP contribution in [0.3, 0.4) is 0 Å². The van der Waals surface area contributed by atoms with Gasteiger partial charge in [-0.15, -0.1) is 0 Å². The van der Waals surface area contributed by atoms with Gasteiger partial charge in [0.05, 0.1) is 38.8 Å². The first kappa shape index (κ1) is 25.5. The fraction of sp³-hybridized carbons (Fsp3) is 0. The summed E-state index contributed by atoms with van der Waals surface area (Å²) >= 11 is 0. The highest BCUT2D eigenvalue weighted by atomic mass is 15.2. The molecular weight excluding hydrogens is 595 g/mol. The maximum atomic E-state index is 2.57. The molecule has 0 aliphatic rings. The quantitative estimate of drug-likeness (QED) is 0.191. The molecule has 0 saturated heterocycles. The number of hydrogen-bond acceptors (Lipinski definition) is 1. The van der Waals surface area contributed by atoms with E-state index in [9.17, 15) is 0 Å². The molecule has 8 aromatic carbocycles. The van der Waals surface area contributed by atoms with Crippen molar-refractivity contribution in [3.63, 3.8) is 0 Å². The van der Waals surface area contributed by atoms with E-state index in [2.05, 4.69) is 177 Å². The first-order chi connectivity index (χ1) is 24.3.